The summed E-state index contributed by atoms with van der Waals surface area (Å²) in [6, 6.07) is 27.9. The third-order valence-electron chi connectivity index (χ3n) is 8.45. The third kappa shape index (κ3) is 4.99. The second-order valence-corrected chi connectivity index (χ2v) is 10.8. The van der Waals surface area contributed by atoms with Crippen LogP contribution in [0, 0.1) is 5.92 Å². The van der Waals surface area contributed by atoms with E-state index in [9.17, 15) is 0 Å². The van der Waals surface area contributed by atoms with Gasteiger partial charge < -0.3 is 9.80 Å². The maximum absolute atomic E-state index is 2.69. The third-order valence-corrected chi connectivity index (χ3v) is 8.45. The van der Waals surface area contributed by atoms with Crippen molar-refractivity contribution in [1.29, 1.82) is 0 Å². The number of unbranched alkanes of at least 4 members (excludes halogenated alkanes) is 2. The molecule has 0 bridgehead atoms. The van der Waals surface area contributed by atoms with Crippen LogP contribution in [0.15, 0.2) is 72.8 Å². The van der Waals surface area contributed by atoms with E-state index in [2.05, 4.69) is 103 Å². The van der Waals surface area contributed by atoms with Crippen LogP contribution in [0.5, 0.6) is 0 Å². The summed E-state index contributed by atoms with van der Waals surface area (Å²) in [5.74, 6) is 1.57. The fourth-order valence-electron chi connectivity index (χ4n) is 6.44. The Morgan fingerprint density at radius 2 is 1.57 bits per heavy atom. The van der Waals surface area contributed by atoms with Gasteiger partial charge in [0.1, 0.15) is 0 Å². The molecule has 2 nitrogen and oxygen atoms in total. The molecule has 5 rings (SSSR count). The normalized spacial score (nSPS) is 21.0. The molecule has 3 aromatic carbocycles. The summed E-state index contributed by atoms with van der Waals surface area (Å²) in [6.45, 7) is 4.63. The number of hydrogen-bond acceptors (Lipinski definition) is 2. The molecule has 1 heterocycles. The largest absolute Gasteiger partial charge is 0.345 e. The van der Waals surface area contributed by atoms with Crippen LogP contribution in [-0.2, 0) is 6.42 Å². The van der Waals surface area contributed by atoms with Crippen LogP contribution in [0.1, 0.15) is 82.3 Å². The molecule has 2 heteroatoms. The number of anilines is 4. The van der Waals surface area contributed by atoms with Crippen molar-refractivity contribution in [3.63, 3.8) is 0 Å². The zero-order valence-electron chi connectivity index (χ0n) is 21.9. The minimum absolute atomic E-state index is 0.599. The molecule has 0 N–H and O–H groups in total. The SMILES string of the molecule is CCCCc1ccc2c(c1)C1CC(CCCC)CCC1N2c1ccc(N(C)c2ccccc2)cc1. The summed E-state index contributed by atoms with van der Waals surface area (Å²) in [4.78, 5) is 4.95. The summed E-state index contributed by atoms with van der Waals surface area (Å²) in [6.07, 6.45) is 11.9. The molecule has 0 aromatic heterocycles. The van der Waals surface area contributed by atoms with Crippen molar-refractivity contribution in [3.8, 4) is 0 Å². The first-order chi connectivity index (χ1) is 17.2. The molecule has 3 atom stereocenters. The second-order valence-electron chi connectivity index (χ2n) is 10.8. The van der Waals surface area contributed by atoms with Gasteiger partial charge in [-0.05, 0) is 91.6 Å². The lowest BCUT2D eigenvalue weighted by Crippen LogP contribution is -2.34. The fourth-order valence-corrected chi connectivity index (χ4v) is 6.44. The quantitative estimate of drug-likeness (QED) is 0.310. The molecule has 184 valence electrons. The lowest BCUT2D eigenvalue weighted by Gasteiger charge is -2.37. The molecule has 0 spiro atoms. The maximum Gasteiger partial charge on any atom is 0.0449 e. The minimum Gasteiger partial charge on any atom is -0.345 e. The molecular formula is C33H42N2. The smallest absolute Gasteiger partial charge is 0.0449 e. The van der Waals surface area contributed by atoms with Gasteiger partial charge in [-0.15, -0.1) is 0 Å². The Bertz CT molecular complexity index is 1090. The molecule has 1 fully saturated rings. The highest BCUT2D eigenvalue weighted by Crippen LogP contribution is 2.53. The van der Waals surface area contributed by atoms with Crippen molar-refractivity contribution in [3.05, 3.63) is 83.9 Å². The molecule has 0 amide bonds. The molecule has 0 radical (unpaired) electrons. The van der Waals surface area contributed by atoms with E-state index in [-0.39, 0.29) is 0 Å². The summed E-state index contributed by atoms with van der Waals surface area (Å²) < 4.78 is 0. The first-order valence-electron chi connectivity index (χ1n) is 14.0. The molecule has 0 saturated heterocycles. The van der Waals surface area contributed by atoms with Gasteiger partial charge in [0.15, 0.2) is 0 Å². The van der Waals surface area contributed by atoms with E-state index >= 15 is 0 Å². The molecule has 3 aromatic rings. The van der Waals surface area contributed by atoms with Gasteiger partial charge in [0.05, 0.1) is 0 Å². The van der Waals surface area contributed by atoms with Crippen LogP contribution >= 0.6 is 0 Å². The molecular weight excluding hydrogens is 424 g/mol. The maximum atomic E-state index is 2.69. The highest BCUT2D eigenvalue weighted by Gasteiger charge is 2.42. The van der Waals surface area contributed by atoms with Gasteiger partial charge in [-0.25, -0.2) is 0 Å². The van der Waals surface area contributed by atoms with Crippen LogP contribution < -0.4 is 9.80 Å². The summed E-state index contributed by atoms with van der Waals surface area (Å²) in [5, 5.41) is 0. The van der Waals surface area contributed by atoms with E-state index in [4.69, 9.17) is 0 Å². The molecule has 1 aliphatic carbocycles. The van der Waals surface area contributed by atoms with Crippen molar-refractivity contribution in [2.45, 2.75) is 83.6 Å². The Morgan fingerprint density at radius 3 is 2.31 bits per heavy atom. The Kier molecular flexibility index (Phi) is 7.46. The van der Waals surface area contributed by atoms with Gasteiger partial charge in [0.25, 0.3) is 0 Å². The van der Waals surface area contributed by atoms with E-state index in [0.29, 0.717) is 12.0 Å². The predicted molar refractivity (Wildman–Crippen MR) is 152 cm³/mol. The van der Waals surface area contributed by atoms with Gasteiger partial charge in [-0.2, -0.15) is 0 Å². The average molecular weight is 467 g/mol. The first-order valence-corrected chi connectivity index (χ1v) is 14.0. The van der Waals surface area contributed by atoms with Crippen molar-refractivity contribution < 1.29 is 0 Å². The molecule has 35 heavy (non-hydrogen) atoms. The number of hydrogen-bond donors (Lipinski definition) is 0. The topological polar surface area (TPSA) is 6.48 Å². The minimum atomic E-state index is 0.599. The van der Waals surface area contributed by atoms with Gasteiger partial charge in [0, 0.05) is 41.8 Å². The van der Waals surface area contributed by atoms with Crippen LogP contribution in [0.25, 0.3) is 0 Å². The van der Waals surface area contributed by atoms with Crippen LogP contribution in [0.3, 0.4) is 0 Å². The number of benzene rings is 3. The summed E-state index contributed by atoms with van der Waals surface area (Å²) in [7, 11) is 2.15. The number of para-hydroxylation sites is 1. The van der Waals surface area contributed by atoms with E-state index in [1.807, 2.05) is 0 Å². The molecule has 3 unspecified atom stereocenters. The van der Waals surface area contributed by atoms with Crippen molar-refractivity contribution in [2.24, 2.45) is 5.92 Å². The van der Waals surface area contributed by atoms with Gasteiger partial charge in [-0.1, -0.05) is 69.9 Å². The predicted octanol–water partition coefficient (Wildman–Crippen LogP) is 9.39. The van der Waals surface area contributed by atoms with Crippen LogP contribution in [0.4, 0.5) is 22.7 Å². The Labute approximate surface area is 213 Å². The average Bonchev–Trinajstić information content (AvgIpc) is 3.24. The van der Waals surface area contributed by atoms with E-state index in [1.54, 1.807) is 5.56 Å². The number of rotatable bonds is 9. The van der Waals surface area contributed by atoms with Crippen molar-refractivity contribution >= 4 is 22.7 Å². The summed E-state index contributed by atoms with van der Waals surface area (Å²) >= 11 is 0. The Hall–Kier alpha value is -2.74. The van der Waals surface area contributed by atoms with Crippen molar-refractivity contribution in [1.82, 2.24) is 0 Å². The van der Waals surface area contributed by atoms with Gasteiger partial charge in [0.2, 0.25) is 0 Å². The lowest BCUT2D eigenvalue weighted by molar-refractivity contribution is 0.281. The highest BCUT2D eigenvalue weighted by molar-refractivity contribution is 5.75. The number of nitrogens with zero attached hydrogens (tertiary/aromatic N) is 2. The van der Waals surface area contributed by atoms with E-state index in [0.717, 1.165) is 5.92 Å². The molecule has 2 aliphatic rings. The Balaban J connectivity index is 1.44. The summed E-state index contributed by atoms with van der Waals surface area (Å²) in [5.41, 5.74) is 8.40. The van der Waals surface area contributed by atoms with Crippen LogP contribution in [0.2, 0.25) is 0 Å². The first kappa shape index (κ1) is 24.0. The standard InChI is InChI=1S/C33H42N2/c1-4-6-11-25-15-21-32-30(23-25)31-24-26(12-7-5-2)16-22-33(31)35(32)29-19-17-28(18-20-29)34(3)27-13-9-8-10-14-27/h8-10,13-15,17-21,23,26,31,33H,4-7,11-12,16,22,24H2,1-3H3. The van der Waals surface area contributed by atoms with Crippen LogP contribution in [-0.4, -0.2) is 13.1 Å². The monoisotopic (exact) mass is 466 g/mol. The molecule has 1 saturated carbocycles. The molecule has 1 aliphatic heterocycles. The van der Waals surface area contributed by atoms with E-state index in [1.165, 1.54) is 86.1 Å². The lowest BCUT2D eigenvalue weighted by atomic mass is 9.74. The van der Waals surface area contributed by atoms with E-state index < -0.39 is 0 Å². The highest BCUT2D eigenvalue weighted by atomic mass is 15.2. The number of fused-ring (bicyclic) bond motifs is 3. The zero-order valence-corrected chi connectivity index (χ0v) is 21.9. The zero-order chi connectivity index (χ0) is 24.2. The van der Waals surface area contributed by atoms with Gasteiger partial charge in [-0.3, -0.25) is 0 Å². The van der Waals surface area contributed by atoms with Gasteiger partial charge >= 0.3 is 0 Å². The Morgan fingerprint density at radius 1 is 0.829 bits per heavy atom. The van der Waals surface area contributed by atoms with Crippen molar-refractivity contribution in [2.75, 3.05) is 16.8 Å². The second kappa shape index (κ2) is 10.9. The number of aryl methyl sites for hydroxylation is 1. The fraction of sp³-hybridized carbons (Fsp3) is 0.455.